The van der Waals surface area contributed by atoms with E-state index in [2.05, 4.69) is 31.3 Å². The molecule has 0 radical (unpaired) electrons. The molecule has 1 unspecified atom stereocenters. The maximum Gasteiger partial charge on any atom is 0.242 e. The average molecular weight is 249 g/mol. The average Bonchev–Trinajstić information content (AvgIpc) is 2.83. The van der Waals surface area contributed by atoms with E-state index in [9.17, 15) is 4.79 Å². The third-order valence-corrected chi connectivity index (χ3v) is 2.38. The summed E-state index contributed by atoms with van der Waals surface area (Å²) in [6.07, 6.45) is 0.910. The predicted molar refractivity (Wildman–Crippen MR) is 65.0 cm³/mol. The van der Waals surface area contributed by atoms with Gasteiger partial charge in [0.25, 0.3) is 0 Å². The number of carbonyl (C=O) groups excluding carboxylic acids is 1. The summed E-state index contributed by atoms with van der Waals surface area (Å²) in [5.74, 6) is 0.490. The molecule has 18 heavy (non-hydrogen) atoms. The first-order chi connectivity index (χ1) is 8.70. The molecule has 0 saturated carbocycles. The lowest BCUT2D eigenvalue weighted by Gasteiger charge is -2.13. The molecule has 96 valence electrons. The molecule has 2 N–H and O–H groups in total. The molecule has 2 aromatic rings. The molecule has 1 amide bonds. The SMILES string of the molecule is CCCNC(=O)C(C)Nc1ccc2nnnn2n1. The zero-order chi connectivity index (χ0) is 13.0. The van der Waals surface area contributed by atoms with Gasteiger partial charge in [-0.3, -0.25) is 4.79 Å². The van der Waals surface area contributed by atoms with Gasteiger partial charge in [-0.1, -0.05) is 6.92 Å². The molecular formula is C10H15N7O. The van der Waals surface area contributed by atoms with E-state index in [-0.39, 0.29) is 11.9 Å². The summed E-state index contributed by atoms with van der Waals surface area (Å²) in [5.41, 5.74) is 0.559. The lowest BCUT2D eigenvalue weighted by molar-refractivity contribution is -0.121. The Morgan fingerprint density at radius 2 is 2.33 bits per heavy atom. The van der Waals surface area contributed by atoms with Crippen LogP contribution in [0.1, 0.15) is 20.3 Å². The molecule has 2 rings (SSSR count). The Labute approximate surface area is 104 Å². The van der Waals surface area contributed by atoms with Crippen LogP contribution in [0.3, 0.4) is 0 Å². The Kier molecular flexibility index (Phi) is 3.66. The monoisotopic (exact) mass is 249 g/mol. The molecule has 8 nitrogen and oxygen atoms in total. The van der Waals surface area contributed by atoms with Crippen LogP contribution in [0.4, 0.5) is 5.82 Å². The number of carbonyl (C=O) groups is 1. The van der Waals surface area contributed by atoms with Gasteiger partial charge in [0.2, 0.25) is 5.91 Å². The van der Waals surface area contributed by atoms with E-state index < -0.39 is 0 Å². The van der Waals surface area contributed by atoms with Crippen LogP contribution in [0.15, 0.2) is 12.1 Å². The summed E-state index contributed by atoms with van der Waals surface area (Å²) < 4.78 is 1.30. The van der Waals surface area contributed by atoms with Crippen molar-refractivity contribution in [3.8, 4) is 0 Å². The Bertz CT molecular complexity index is 538. The van der Waals surface area contributed by atoms with Crippen LogP contribution >= 0.6 is 0 Å². The lowest BCUT2D eigenvalue weighted by atomic mass is 10.3. The standard InChI is InChI=1S/C10H15N7O/c1-3-6-11-10(18)7(2)12-8-4-5-9-13-15-16-17(9)14-8/h4-5,7H,3,6H2,1-2H3,(H,11,18)(H,12,14). The zero-order valence-electron chi connectivity index (χ0n) is 10.3. The first-order valence-corrected chi connectivity index (χ1v) is 5.80. The fraction of sp³-hybridized carbons (Fsp3) is 0.500. The Morgan fingerprint density at radius 1 is 1.50 bits per heavy atom. The van der Waals surface area contributed by atoms with Gasteiger partial charge in [0.05, 0.1) is 0 Å². The van der Waals surface area contributed by atoms with Crippen molar-refractivity contribution in [2.24, 2.45) is 0 Å². The lowest BCUT2D eigenvalue weighted by Crippen LogP contribution is -2.38. The van der Waals surface area contributed by atoms with Crippen LogP contribution in [0, 0.1) is 0 Å². The molecule has 0 bridgehead atoms. The van der Waals surface area contributed by atoms with Crippen molar-refractivity contribution in [2.45, 2.75) is 26.3 Å². The molecule has 0 fully saturated rings. The molecule has 2 heterocycles. The first kappa shape index (κ1) is 12.2. The summed E-state index contributed by atoms with van der Waals surface area (Å²) in [5, 5.41) is 20.9. The van der Waals surface area contributed by atoms with Gasteiger partial charge < -0.3 is 10.6 Å². The van der Waals surface area contributed by atoms with E-state index in [0.717, 1.165) is 6.42 Å². The van der Waals surface area contributed by atoms with Crippen molar-refractivity contribution in [1.29, 1.82) is 0 Å². The normalized spacial score (nSPS) is 12.3. The van der Waals surface area contributed by atoms with Gasteiger partial charge in [0.1, 0.15) is 11.9 Å². The van der Waals surface area contributed by atoms with Crippen molar-refractivity contribution in [2.75, 3.05) is 11.9 Å². The molecule has 0 aliphatic carbocycles. The highest BCUT2D eigenvalue weighted by Crippen LogP contribution is 2.04. The van der Waals surface area contributed by atoms with Crippen LogP contribution in [0.5, 0.6) is 0 Å². The molecule has 0 spiro atoms. The third kappa shape index (κ3) is 2.70. The van der Waals surface area contributed by atoms with E-state index in [4.69, 9.17) is 0 Å². The second-order valence-electron chi connectivity index (χ2n) is 3.90. The number of fused-ring (bicyclic) bond motifs is 1. The van der Waals surface area contributed by atoms with E-state index in [0.29, 0.717) is 18.0 Å². The minimum atomic E-state index is -0.363. The third-order valence-electron chi connectivity index (χ3n) is 2.38. The molecule has 0 aliphatic rings. The maximum atomic E-state index is 11.7. The zero-order valence-corrected chi connectivity index (χ0v) is 10.3. The van der Waals surface area contributed by atoms with E-state index in [1.54, 1.807) is 19.1 Å². The second kappa shape index (κ2) is 5.39. The Morgan fingerprint density at radius 3 is 3.11 bits per heavy atom. The van der Waals surface area contributed by atoms with Crippen molar-refractivity contribution in [1.82, 2.24) is 30.6 Å². The molecular weight excluding hydrogens is 234 g/mol. The molecule has 0 aromatic carbocycles. The van der Waals surface area contributed by atoms with Crippen molar-refractivity contribution < 1.29 is 4.79 Å². The summed E-state index contributed by atoms with van der Waals surface area (Å²) in [6, 6.07) is 3.10. The number of hydrogen-bond acceptors (Lipinski definition) is 6. The molecule has 1 atom stereocenters. The fourth-order valence-electron chi connectivity index (χ4n) is 1.42. The number of amides is 1. The van der Waals surface area contributed by atoms with Gasteiger partial charge in [-0.2, -0.15) is 0 Å². The van der Waals surface area contributed by atoms with Crippen LogP contribution in [0.25, 0.3) is 5.65 Å². The van der Waals surface area contributed by atoms with Gasteiger partial charge in [-0.15, -0.1) is 14.8 Å². The summed E-state index contributed by atoms with van der Waals surface area (Å²) in [6.45, 7) is 4.45. The molecule has 0 saturated heterocycles. The summed E-state index contributed by atoms with van der Waals surface area (Å²) in [7, 11) is 0. The van der Waals surface area contributed by atoms with E-state index in [1.807, 2.05) is 6.92 Å². The van der Waals surface area contributed by atoms with Crippen molar-refractivity contribution in [3.05, 3.63) is 12.1 Å². The number of tetrazole rings is 1. The number of rotatable bonds is 5. The Hall–Kier alpha value is -2.25. The highest BCUT2D eigenvalue weighted by molar-refractivity contribution is 5.83. The first-order valence-electron chi connectivity index (χ1n) is 5.80. The van der Waals surface area contributed by atoms with Crippen LogP contribution in [0.2, 0.25) is 0 Å². The van der Waals surface area contributed by atoms with Gasteiger partial charge in [0, 0.05) is 6.54 Å². The van der Waals surface area contributed by atoms with E-state index >= 15 is 0 Å². The highest BCUT2D eigenvalue weighted by Gasteiger charge is 2.12. The quantitative estimate of drug-likeness (QED) is 0.764. The topological polar surface area (TPSA) is 97.1 Å². The minimum Gasteiger partial charge on any atom is -0.357 e. The summed E-state index contributed by atoms with van der Waals surface area (Å²) >= 11 is 0. The minimum absolute atomic E-state index is 0.0598. The van der Waals surface area contributed by atoms with Gasteiger partial charge in [-0.05, 0) is 35.9 Å². The van der Waals surface area contributed by atoms with Gasteiger partial charge >= 0.3 is 0 Å². The number of aromatic nitrogens is 5. The molecule has 2 aromatic heterocycles. The molecule has 8 heteroatoms. The fourth-order valence-corrected chi connectivity index (χ4v) is 1.42. The van der Waals surface area contributed by atoms with Crippen molar-refractivity contribution in [3.63, 3.8) is 0 Å². The van der Waals surface area contributed by atoms with E-state index in [1.165, 1.54) is 4.63 Å². The second-order valence-corrected chi connectivity index (χ2v) is 3.90. The number of hydrogen-bond donors (Lipinski definition) is 2. The predicted octanol–water partition coefficient (Wildman–Crippen LogP) is -0.154. The smallest absolute Gasteiger partial charge is 0.242 e. The van der Waals surface area contributed by atoms with Crippen LogP contribution in [-0.2, 0) is 4.79 Å². The number of nitrogens with zero attached hydrogens (tertiary/aromatic N) is 5. The Balaban J connectivity index is 2.01. The maximum absolute atomic E-state index is 11.7. The molecule has 0 aliphatic heterocycles. The van der Waals surface area contributed by atoms with Gasteiger partial charge in [0.15, 0.2) is 5.65 Å². The summed E-state index contributed by atoms with van der Waals surface area (Å²) in [4.78, 5) is 11.7. The van der Waals surface area contributed by atoms with Crippen molar-refractivity contribution >= 4 is 17.4 Å². The van der Waals surface area contributed by atoms with Gasteiger partial charge in [-0.25, -0.2) is 0 Å². The number of nitrogens with one attached hydrogen (secondary N) is 2. The van der Waals surface area contributed by atoms with Crippen LogP contribution in [-0.4, -0.2) is 43.7 Å². The number of anilines is 1. The largest absolute Gasteiger partial charge is 0.357 e. The van der Waals surface area contributed by atoms with Crippen LogP contribution < -0.4 is 10.6 Å². The highest BCUT2D eigenvalue weighted by atomic mass is 16.2.